The van der Waals surface area contributed by atoms with Crippen molar-refractivity contribution < 1.29 is 4.42 Å². The highest BCUT2D eigenvalue weighted by Gasteiger charge is 2.22. The van der Waals surface area contributed by atoms with E-state index < -0.39 is 0 Å². The van der Waals surface area contributed by atoms with E-state index in [9.17, 15) is 0 Å². The molecule has 2 aromatic rings. The normalized spacial score (nSPS) is 25.2. The molecule has 1 fully saturated rings. The molecule has 0 amide bonds. The molecule has 1 aromatic carbocycles. The number of hydrogen-bond acceptors (Lipinski definition) is 1. The molecule has 1 nitrogen and oxygen atoms in total. The van der Waals surface area contributed by atoms with Crippen LogP contribution < -0.4 is 0 Å². The summed E-state index contributed by atoms with van der Waals surface area (Å²) in [4.78, 5) is 0. The molecule has 18 heavy (non-hydrogen) atoms. The lowest BCUT2D eigenvalue weighted by molar-refractivity contribution is 0.457. The minimum atomic E-state index is 0.286. The molecule has 96 valence electrons. The van der Waals surface area contributed by atoms with Crippen LogP contribution in [0.4, 0.5) is 0 Å². The Morgan fingerprint density at radius 2 is 1.94 bits per heavy atom. The summed E-state index contributed by atoms with van der Waals surface area (Å²) in [6.07, 6.45) is 5.80. The van der Waals surface area contributed by atoms with Crippen LogP contribution in [0, 0.1) is 0 Å². The van der Waals surface area contributed by atoms with Gasteiger partial charge in [-0.3, -0.25) is 0 Å². The molecule has 2 unspecified atom stereocenters. The van der Waals surface area contributed by atoms with Gasteiger partial charge in [-0.1, -0.05) is 24.4 Å². The van der Waals surface area contributed by atoms with Crippen LogP contribution in [0.2, 0.25) is 5.02 Å². The average molecular weight is 283 g/mol. The molecule has 0 spiro atoms. The quantitative estimate of drug-likeness (QED) is 0.480. The van der Waals surface area contributed by atoms with Gasteiger partial charge in [0.2, 0.25) is 0 Å². The minimum Gasteiger partial charge on any atom is -0.461 e. The lowest BCUT2D eigenvalue weighted by atomic mass is 9.97. The molecule has 1 heterocycles. The lowest BCUT2D eigenvalue weighted by Gasteiger charge is -2.12. The molecule has 3 heteroatoms. The second-order valence-corrected chi connectivity index (χ2v) is 6.20. The second kappa shape index (κ2) is 5.14. The van der Waals surface area contributed by atoms with E-state index in [-0.39, 0.29) is 5.38 Å². The van der Waals surface area contributed by atoms with Gasteiger partial charge in [0.25, 0.3) is 0 Å². The number of halogens is 2. The maximum absolute atomic E-state index is 6.33. The number of alkyl halides is 1. The molecule has 3 rings (SSSR count). The van der Waals surface area contributed by atoms with Crippen molar-refractivity contribution in [2.45, 2.75) is 43.4 Å². The van der Waals surface area contributed by atoms with Gasteiger partial charge in [0.05, 0.1) is 0 Å². The Kier molecular flexibility index (Phi) is 3.54. The van der Waals surface area contributed by atoms with Gasteiger partial charge in [-0.05, 0) is 43.5 Å². The third-order valence-corrected chi connectivity index (χ3v) is 4.39. The van der Waals surface area contributed by atoms with Crippen LogP contribution in [0.3, 0.4) is 0 Å². The maximum Gasteiger partial charge on any atom is 0.134 e. The second-order valence-electron chi connectivity index (χ2n) is 5.15. The smallest absolute Gasteiger partial charge is 0.134 e. The first-order chi connectivity index (χ1) is 8.72. The van der Waals surface area contributed by atoms with Crippen LogP contribution in [0.25, 0.3) is 11.0 Å². The molecule has 2 atom stereocenters. The molecule has 1 aromatic heterocycles. The first-order valence-corrected chi connectivity index (χ1v) is 7.37. The van der Waals surface area contributed by atoms with Gasteiger partial charge in [0.15, 0.2) is 0 Å². The zero-order chi connectivity index (χ0) is 12.5. The third-order valence-electron chi connectivity index (χ3n) is 3.76. The Hall–Kier alpha value is -0.660. The molecule has 1 aliphatic rings. The van der Waals surface area contributed by atoms with Crippen molar-refractivity contribution in [3.05, 3.63) is 35.0 Å². The summed E-state index contributed by atoms with van der Waals surface area (Å²) >= 11 is 12.3. The molecule has 0 bridgehead atoms. The highest BCUT2D eigenvalue weighted by atomic mass is 35.5. The van der Waals surface area contributed by atoms with Gasteiger partial charge < -0.3 is 4.42 Å². The predicted molar refractivity (Wildman–Crippen MR) is 76.7 cm³/mol. The number of benzene rings is 1. The van der Waals surface area contributed by atoms with E-state index in [4.69, 9.17) is 27.6 Å². The fourth-order valence-electron chi connectivity index (χ4n) is 2.80. The molecular weight excluding hydrogens is 267 g/mol. The third kappa shape index (κ3) is 2.53. The highest BCUT2D eigenvalue weighted by Crippen LogP contribution is 2.36. The monoisotopic (exact) mass is 282 g/mol. The molecule has 0 saturated heterocycles. The Labute approximate surface area is 117 Å². The summed E-state index contributed by atoms with van der Waals surface area (Å²) in [5.41, 5.74) is 0.921. The van der Waals surface area contributed by atoms with Crippen molar-refractivity contribution in [1.82, 2.24) is 0 Å². The zero-order valence-electron chi connectivity index (χ0n) is 10.2. The van der Waals surface area contributed by atoms with Crippen LogP contribution in [0.15, 0.2) is 28.7 Å². The van der Waals surface area contributed by atoms with Crippen LogP contribution in [0.5, 0.6) is 0 Å². The highest BCUT2D eigenvalue weighted by molar-refractivity contribution is 6.31. The average Bonchev–Trinajstić information content (AvgIpc) is 2.63. The van der Waals surface area contributed by atoms with E-state index in [2.05, 4.69) is 6.07 Å². The van der Waals surface area contributed by atoms with Crippen molar-refractivity contribution in [2.75, 3.05) is 0 Å². The standard InChI is InChI=1S/C15H16Cl2O/c16-12-4-2-1-3-10(7-12)15-9-11-8-13(17)5-6-14(11)18-15/h5-6,8-10,12H,1-4,7H2. The minimum absolute atomic E-state index is 0.286. The van der Waals surface area contributed by atoms with E-state index in [1.807, 2.05) is 18.2 Å². The summed E-state index contributed by atoms with van der Waals surface area (Å²) in [6, 6.07) is 7.89. The van der Waals surface area contributed by atoms with Gasteiger partial charge in [0, 0.05) is 21.7 Å². The van der Waals surface area contributed by atoms with E-state index in [0.29, 0.717) is 5.92 Å². The number of furan rings is 1. The molecule has 0 N–H and O–H groups in total. The van der Waals surface area contributed by atoms with E-state index in [1.165, 1.54) is 19.3 Å². The van der Waals surface area contributed by atoms with Gasteiger partial charge in [0.1, 0.15) is 11.3 Å². The fraction of sp³-hybridized carbons (Fsp3) is 0.467. The molecule has 1 saturated carbocycles. The lowest BCUT2D eigenvalue weighted by Crippen LogP contribution is -2.03. The van der Waals surface area contributed by atoms with Gasteiger partial charge >= 0.3 is 0 Å². The van der Waals surface area contributed by atoms with Crippen molar-refractivity contribution in [3.8, 4) is 0 Å². The van der Waals surface area contributed by atoms with Gasteiger partial charge in [-0.15, -0.1) is 11.6 Å². The first-order valence-electron chi connectivity index (χ1n) is 6.55. The van der Waals surface area contributed by atoms with Crippen LogP contribution >= 0.6 is 23.2 Å². The van der Waals surface area contributed by atoms with Crippen molar-refractivity contribution >= 4 is 34.2 Å². The summed E-state index contributed by atoms with van der Waals surface area (Å²) in [5, 5.41) is 2.13. The zero-order valence-corrected chi connectivity index (χ0v) is 11.7. The van der Waals surface area contributed by atoms with Crippen molar-refractivity contribution in [3.63, 3.8) is 0 Å². The topological polar surface area (TPSA) is 13.1 Å². The maximum atomic E-state index is 6.33. The fourth-order valence-corrected chi connectivity index (χ4v) is 3.35. The van der Waals surface area contributed by atoms with Crippen molar-refractivity contribution in [2.24, 2.45) is 0 Å². The Morgan fingerprint density at radius 3 is 2.83 bits per heavy atom. The van der Waals surface area contributed by atoms with Crippen LogP contribution in [-0.4, -0.2) is 5.38 Å². The van der Waals surface area contributed by atoms with E-state index in [0.717, 1.165) is 34.6 Å². The summed E-state index contributed by atoms with van der Waals surface area (Å²) in [7, 11) is 0. The molecule has 0 aliphatic heterocycles. The molecule has 1 aliphatic carbocycles. The summed E-state index contributed by atoms with van der Waals surface area (Å²) in [5.74, 6) is 1.53. The molecule has 0 radical (unpaired) electrons. The van der Waals surface area contributed by atoms with Gasteiger partial charge in [-0.25, -0.2) is 0 Å². The largest absolute Gasteiger partial charge is 0.461 e. The number of hydrogen-bond donors (Lipinski definition) is 0. The predicted octanol–water partition coefficient (Wildman–Crippen LogP) is 5.74. The summed E-state index contributed by atoms with van der Waals surface area (Å²) in [6.45, 7) is 0. The summed E-state index contributed by atoms with van der Waals surface area (Å²) < 4.78 is 5.95. The van der Waals surface area contributed by atoms with Crippen LogP contribution in [0.1, 0.15) is 43.8 Å². The number of rotatable bonds is 1. The SMILES string of the molecule is Clc1ccc2oc(C3CCCCC(Cl)C3)cc2c1. The Balaban J connectivity index is 1.93. The molecular formula is C15H16Cl2O. The van der Waals surface area contributed by atoms with E-state index >= 15 is 0 Å². The van der Waals surface area contributed by atoms with Crippen molar-refractivity contribution in [1.29, 1.82) is 0 Å². The van der Waals surface area contributed by atoms with Gasteiger partial charge in [-0.2, -0.15) is 0 Å². The van der Waals surface area contributed by atoms with Crippen LogP contribution in [-0.2, 0) is 0 Å². The Bertz CT molecular complexity index is 546. The number of fused-ring (bicyclic) bond motifs is 1. The van der Waals surface area contributed by atoms with E-state index in [1.54, 1.807) is 0 Å². The Morgan fingerprint density at radius 1 is 1.11 bits per heavy atom. The first kappa shape index (κ1) is 12.4.